The van der Waals surface area contributed by atoms with Crippen molar-refractivity contribution in [3.63, 3.8) is 0 Å². The van der Waals surface area contributed by atoms with Crippen molar-refractivity contribution in [1.29, 1.82) is 0 Å². The summed E-state index contributed by atoms with van der Waals surface area (Å²) < 4.78 is 0. The van der Waals surface area contributed by atoms with Crippen LogP contribution in [-0.2, 0) is 11.2 Å². The number of nitro groups is 2. The summed E-state index contributed by atoms with van der Waals surface area (Å²) in [5.74, 6) is -0.202. The molecule has 3 aromatic carbocycles. The Morgan fingerprint density at radius 3 is 2.29 bits per heavy atom. The molecule has 1 unspecified atom stereocenters. The lowest BCUT2D eigenvalue weighted by Gasteiger charge is -2.15. The predicted molar refractivity (Wildman–Crippen MR) is 130 cm³/mol. The van der Waals surface area contributed by atoms with Gasteiger partial charge in [-0.3, -0.25) is 29.9 Å². The number of hydrogen-bond donors (Lipinski definition) is 0. The van der Waals surface area contributed by atoms with E-state index in [0.717, 1.165) is 0 Å². The highest BCUT2D eigenvalue weighted by molar-refractivity contribution is 8.16. The van der Waals surface area contributed by atoms with Gasteiger partial charge in [-0.05, 0) is 41.8 Å². The number of benzene rings is 3. The van der Waals surface area contributed by atoms with Crippen LogP contribution in [0.3, 0.4) is 0 Å². The average molecular weight is 475 g/mol. The van der Waals surface area contributed by atoms with Crippen LogP contribution in [-0.4, -0.2) is 32.4 Å². The fourth-order valence-corrected chi connectivity index (χ4v) is 4.45. The molecule has 0 radical (unpaired) electrons. The molecule has 0 aliphatic carbocycles. The van der Waals surface area contributed by atoms with Crippen LogP contribution < -0.4 is 4.90 Å². The molecule has 3 aromatic rings. The highest BCUT2D eigenvalue weighted by atomic mass is 32.2. The van der Waals surface area contributed by atoms with Gasteiger partial charge in [0.1, 0.15) is 0 Å². The van der Waals surface area contributed by atoms with E-state index in [2.05, 4.69) is 10.2 Å². The Morgan fingerprint density at radius 2 is 1.62 bits per heavy atom. The van der Waals surface area contributed by atoms with Crippen molar-refractivity contribution in [3.8, 4) is 0 Å². The average Bonchev–Trinajstić information content (AvgIpc) is 3.14. The third-order valence-electron chi connectivity index (χ3n) is 4.95. The standard InChI is InChI=1S/C23H17N5O5S/c29-22-21(14-17-5-4-8-20(13-17)28(32)33)34-23(26(22)18-6-2-1-3-7-18)25-24-15-16-9-11-19(12-10-16)27(30)31/h1-13,15,21H,14H2. The summed E-state index contributed by atoms with van der Waals surface area (Å²) in [6.07, 6.45) is 1.73. The van der Waals surface area contributed by atoms with E-state index in [0.29, 0.717) is 28.4 Å². The largest absolute Gasteiger partial charge is 0.273 e. The first kappa shape index (κ1) is 22.8. The van der Waals surface area contributed by atoms with Gasteiger partial charge in [-0.2, -0.15) is 5.10 Å². The first-order valence-corrected chi connectivity index (χ1v) is 10.9. The van der Waals surface area contributed by atoms with E-state index in [1.54, 1.807) is 48.5 Å². The van der Waals surface area contributed by atoms with Gasteiger partial charge in [0.2, 0.25) is 5.91 Å². The number of rotatable bonds is 7. The summed E-state index contributed by atoms with van der Waals surface area (Å²) in [5, 5.41) is 30.0. The smallest absolute Gasteiger partial charge is 0.269 e. The molecule has 4 rings (SSSR count). The van der Waals surface area contributed by atoms with Crippen molar-refractivity contribution in [2.45, 2.75) is 11.7 Å². The van der Waals surface area contributed by atoms with E-state index in [-0.39, 0.29) is 17.3 Å². The van der Waals surface area contributed by atoms with Crippen molar-refractivity contribution in [1.82, 2.24) is 0 Å². The lowest BCUT2D eigenvalue weighted by atomic mass is 10.1. The summed E-state index contributed by atoms with van der Waals surface area (Å²) in [6, 6.07) is 21.1. The van der Waals surface area contributed by atoms with E-state index < -0.39 is 15.1 Å². The van der Waals surface area contributed by atoms with E-state index in [9.17, 15) is 25.0 Å². The Morgan fingerprint density at radius 1 is 0.912 bits per heavy atom. The van der Waals surface area contributed by atoms with Crippen molar-refractivity contribution in [2.24, 2.45) is 10.2 Å². The van der Waals surface area contributed by atoms with Crippen molar-refractivity contribution < 1.29 is 14.6 Å². The second kappa shape index (κ2) is 10.0. The Balaban J connectivity index is 1.59. The molecule has 0 saturated carbocycles. The van der Waals surface area contributed by atoms with Crippen LogP contribution in [0.2, 0.25) is 0 Å². The second-order valence-electron chi connectivity index (χ2n) is 7.22. The van der Waals surface area contributed by atoms with Gasteiger partial charge in [0.15, 0.2) is 5.17 Å². The minimum Gasteiger partial charge on any atom is -0.273 e. The molecule has 0 aromatic heterocycles. The molecule has 11 heteroatoms. The monoisotopic (exact) mass is 475 g/mol. The third-order valence-corrected chi connectivity index (χ3v) is 6.07. The van der Waals surface area contributed by atoms with Crippen LogP contribution in [0, 0.1) is 20.2 Å². The molecule has 0 bridgehead atoms. The molecule has 1 saturated heterocycles. The Hall–Kier alpha value is -4.38. The summed E-state index contributed by atoms with van der Waals surface area (Å²) in [7, 11) is 0. The number of para-hydroxylation sites is 1. The molecule has 170 valence electrons. The number of carbonyl (C=O) groups is 1. The maximum Gasteiger partial charge on any atom is 0.269 e. The number of nitro benzene ring substituents is 2. The molecule has 1 fully saturated rings. The molecule has 0 spiro atoms. The number of non-ortho nitro benzene ring substituents is 2. The molecule has 1 aliphatic rings. The molecule has 1 aliphatic heterocycles. The summed E-state index contributed by atoms with van der Waals surface area (Å²) in [6.45, 7) is 0. The second-order valence-corrected chi connectivity index (χ2v) is 8.39. The van der Waals surface area contributed by atoms with Crippen LogP contribution in [0.5, 0.6) is 0 Å². The number of carbonyl (C=O) groups excluding carboxylic acids is 1. The lowest BCUT2D eigenvalue weighted by molar-refractivity contribution is -0.385. The highest BCUT2D eigenvalue weighted by Crippen LogP contribution is 2.34. The minimum absolute atomic E-state index is 0.0281. The van der Waals surface area contributed by atoms with Crippen molar-refractivity contribution in [2.75, 3.05) is 4.90 Å². The maximum absolute atomic E-state index is 13.2. The number of nitrogens with zero attached hydrogens (tertiary/aromatic N) is 5. The van der Waals surface area contributed by atoms with Crippen LogP contribution in [0.4, 0.5) is 17.1 Å². The normalized spacial score (nSPS) is 16.9. The van der Waals surface area contributed by atoms with E-state index in [1.165, 1.54) is 47.1 Å². The van der Waals surface area contributed by atoms with Gasteiger partial charge in [-0.1, -0.05) is 42.1 Å². The van der Waals surface area contributed by atoms with Crippen LogP contribution in [0.15, 0.2) is 89.1 Å². The van der Waals surface area contributed by atoms with Gasteiger partial charge < -0.3 is 0 Å². The molecule has 0 N–H and O–H groups in total. The van der Waals surface area contributed by atoms with Crippen molar-refractivity contribution >= 4 is 46.1 Å². The van der Waals surface area contributed by atoms with Crippen LogP contribution in [0.1, 0.15) is 11.1 Å². The molecule has 1 heterocycles. The van der Waals surface area contributed by atoms with Gasteiger partial charge in [0.05, 0.1) is 27.0 Å². The van der Waals surface area contributed by atoms with Gasteiger partial charge in [-0.25, -0.2) is 0 Å². The fourth-order valence-electron chi connectivity index (χ4n) is 3.32. The minimum atomic E-state index is -0.532. The predicted octanol–water partition coefficient (Wildman–Crippen LogP) is 4.58. The number of anilines is 1. The summed E-state index contributed by atoms with van der Waals surface area (Å²) in [5.41, 5.74) is 1.85. The number of hydrogen-bond acceptors (Lipinski definition) is 8. The first-order valence-electron chi connectivity index (χ1n) is 10.1. The molecule has 34 heavy (non-hydrogen) atoms. The first-order chi connectivity index (χ1) is 16.4. The Labute approximate surface area is 197 Å². The van der Waals surface area contributed by atoms with Gasteiger partial charge in [-0.15, -0.1) is 5.10 Å². The SMILES string of the molecule is O=C1C(Cc2cccc([N+](=O)[O-])c2)SC(=NN=Cc2ccc([N+](=O)[O-])cc2)N1c1ccccc1. The van der Waals surface area contributed by atoms with Crippen LogP contribution >= 0.6 is 11.8 Å². The Kier molecular flexibility index (Phi) is 6.74. The molecule has 1 atom stereocenters. The maximum atomic E-state index is 13.2. The summed E-state index contributed by atoms with van der Waals surface area (Å²) in [4.78, 5) is 35.6. The zero-order valence-corrected chi connectivity index (χ0v) is 18.4. The summed E-state index contributed by atoms with van der Waals surface area (Å²) >= 11 is 1.23. The van der Waals surface area contributed by atoms with E-state index in [1.807, 2.05) is 6.07 Å². The lowest BCUT2D eigenvalue weighted by Crippen LogP contribution is -2.32. The molecule has 10 nitrogen and oxygen atoms in total. The quantitative estimate of drug-likeness (QED) is 0.279. The third kappa shape index (κ3) is 5.15. The zero-order chi connectivity index (χ0) is 24.1. The van der Waals surface area contributed by atoms with Crippen molar-refractivity contribution in [3.05, 3.63) is 110 Å². The Bertz CT molecular complexity index is 1290. The molecular formula is C23H17N5O5S. The number of thioether (sulfide) groups is 1. The van der Waals surface area contributed by atoms with E-state index >= 15 is 0 Å². The highest BCUT2D eigenvalue weighted by Gasteiger charge is 2.39. The number of amidine groups is 1. The van der Waals surface area contributed by atoms with E-state index in [4.69, 9.17) is 0 Å². The fraction of sp³-hybridized carbons (Fsp3) is 0.0870. The van der Waals surface area contributed by atoms with Gasteiger partial charge in [0.25, 0.3) is 11.4 Å². The van der Waals surface area contributed by atoms with Crippen LogP contribution in [0.25, 0.3) is 0 Å². The molecular weight excluding hydrogens is 458 g/mol. The topological polar surface area (TPSA) is 131 Å². The van der Waals surface area contributed by atoms with Gasteiger partial charge in [0, 0.05) is 24.3 Å². The molecule has 1 amide bonds. The zero-order valence-electron chi connectivity index (χ0n) is 17.6. The van der Waals surface area contributed by atoms with Gasteiger partial charge >= 0.3 is 0 Å². The number of amides is 1.